The van der Waals surface area contributed by atoms with Gasteiger partial charge in [-0.15, -0.1) is 0 Å². The van der Waals surface area contributed by atoms with Crippen LogP contribution in [0.3, 0.4) is 0 Å². The van der Waals surface area contributed by atoms with Crippen molar-refractivity contribution in [2.45, 2.75) is 0 Å². The van der Waals surface area contributed by atoms with E-state index >= 15 is 0 Å². The molecular weight excluding hydrogens is 176 g/mol. The Hall–Kier alpha value is -0.781. The van der Waals surface area contributed by atoms with Gasteiger partial charge in [0.25, 0.3) is 0 Å². The molecule has 0 aromatic heterocycles. The molecule has 58 valence electrons. The first-order chi connectivity index (χ1) is 4.88. The smallest absolute Gasteiger partial charge is 0 e. The summed E-state index contributed by atoms with van der Waals surface area (Å²) in [6, 6.07) is 8.02. The number of hydrogen-bond donors (Lipinski definition) is 0. The van der Waals surface area contributed by atoms with Gasteiger partial charge in [0.15, 0.2) is 0 Å². The van der Waals surface area contributed by atoms with Gasteiger partial charge in [-0.05, 0) is 11.1 Å². The van der Waals surface area contributed by atoms with Crippen LogP contribution in [0, 0.1) is 0 Å². The molecule has 1 rings (SSSR count). The van der Waals surface area contributed by atoms with Gasteiger partial charge in [-0.2, -0.15) is 0 Å². The molecule has 1 aromatic carbocycles. The molecular formula is C10H10Fe. The van der Waals surface area contributed by atoms with E-state index in [9.17, 15) is 0 Å². The van der Waals surface area contributed by atoms with E-state index in [1.807, 2.05) is 36.4 Å². The Morgan fingerprint density at radius 3 is 1.55 bits per heavy atom. The number of hydrogen-bond acceptors (Lipinski definition) is 0. The number of benzene rings is 1. The standard InChI is InChI=1S/C10H10.Fe/c1-3-9-7-5-6-8-10(9)4-2;/h3-8H,1-2H2;. The van der Waals surface area contributed by atoms with E-state index in [2.05, 4.69) is 13.2 Å². The molecule has 1 heteroatoms. The van der Waals surface area contributed by atoms with Crippen molar-refractivity contribution in [3.63, 3.8) is 0 Å². The minimum Gasteiger partial charge on any atom is -0.0984 e. The quantitative estimate of drug-likeness (QED) is 0.622. The molecule has 0 aliphatic rings. The van der Waals surface area contributed by atoms with Crippen LogP contribution < -0.4 is 0 Å². The molecule has 0 aliphatic heterocycles. The third-order valence-corrected chi connectivity index (χ3v) is 1.44. The van der Waals surface area contributed by atoms with Crippen molar-refractivity contribution in [3.8, 4) is 0 Å². The molecule has 0 unspecified atom stereocenters. The van der Waals surface area contributed by atoms with Crippen molar-refractivity contribution < 1.29 is 17.1 Å². The van der Waals surface area contributed by atoms with Gasteiger partial charge in [0, 0.05) is 17.1 Å². The fraction of sp³-hybridized carbons (Fsp3) is 0. The van der Waals surface area contributed by atoms with Crippen LogP contribution in [-0.4, -0.2) is 0 Å². The minimum atomic E-state index is 0. The molecule has 11 heavy (non-hydrogen) atoms. The summed E-state index contributed by atoms with van der Waals surface area (Å²) in [7, 11) is 0. The maximum absolute atomic E-state index is 3.69. The summed E-state index contributed by atoms with van der Waals surface area (Å²) in [6.07, 6.45) is 3.66. The van der Waals surface area contributed by atoms with Crippen LogP contribution in [0.2, 0.25) is 0 Å². The molecule has 0 bridgehead atoms. The van der Waals surface area contributed by atoms with Crippen molar-refractivity contribution in [1.29, 1.82) is 0 Å². The van der Waals surface area contributed by atoms with Gasteiger partial charge in [0.05, 0.1) is 0 Å². The zero-order valence-electron chi connectivity index (χ0n) is 6.23. The Kier molecular flexibility index (Phi) is 4.60. The van der Waals surface area contributed by atoms with Gasteiger partial charge in [0.2, 0.25) is 0 Å². The molecule has 0 atom stereocenters. The third-order valence-electron chi connectivity index (χ3n) is 1.44. The second-order valence-corrected chi connectivity index (χ2v) is 2.04. The molecule has 1 aromatic rings. The van der Waals surface area contributed by atoms with E-state index in [1.165, 1.54) is 0 Å². The topological polar surface area (TPSA) is 0 Å². The van der Waals surface area contributed by atoms with Gasteiger partial charge in [-0.25, -0.2) is 0 Å². The largest absolute Gasteiger partial charge is 0.0984 e. The molecule has 0 amide bonds. The minimum absolute atomic E-state index is 0. The van der Waals surface area contributed by atoms with Gasteiger partial charge < -0.3 is 0 Å². The van der Waals surface area contributed by atoms with E-state index in [4.69, 9.17) is 0 Å². The van der Waals surface area contributed by atoms with Crippen LogP contribution in [0.25, 0.3) is 12.2 Å². The van der Waals surface area contributed by atoms with Crippen molar-refractivity contribution in [2.75, 3.05) is 0 Å². The molecule has 0 nitrogen and oxygen atoms in total. The van der Waals surface area contributed by atoms with Gasteiger partial charge >= 0.3 is 0 Å². The van der Waals surface area contributed by atoms with Crippen LogP contribution in [0.4, 0.5) is 0 Å². The van der Waals surface area contributed by atoms with Crippen LogP contribution in [0.15, 0.2) is 37.4 Å². The monoisotopic (exact) mass is 186 g/mol. The number of rotatable bonds is 2. The van der Waals surface area contributed by atoms with Crippen molar-refractivity contribution >= 4 is 12.2 Å². The average Bonchev–Trinajstić information content (AvgIpc) is 2.04. The van der Waals surface area contributed by atoms with Crippen molar-refractivity contribution in [3.05, 3.63) is 48.6 Å². The van der Waals surface area contributed by atoms with Gasteiger partial charge in [-0.1, -0.05) is 49.6 Å². The zero-order chi connectivity index (χ0) is 7.40. The van der Waals surface area contributed by atoms with Crippen LogP contribution in [0.5, 0.6) is 0 Å². The fourth-order valence-electron chi connectivity index (χ4n) is 0.883. The Balaban J connectivity index is 0.000001000. The van der Waals surface area contributed by atoms with Crippen LogP contribution in [-0.2, 0) is 17.1 Å². The summed E-state index contributed by atoms with van der Waals surface area (Å²) in [5.41, 5.74) is 2.27. The van der Waals surface area contributed by atoms with Gasteiger partial charge in [0.1, 0.15) is 0 Å². The maximum atomic E-state index is 3.69. The normalized spacial score (nSPS) is 8.00. The maximum Gasteiger partial charge on any atom is 0 e. The Morgan fingerprint density at radius 2 is 1.27 bits per heavy atom. The van der Waals surface area contributed by atoms with E-state index in [0.717, 1.165) is 11.1 Å². The third kappa shape index (κ3) is 2.38. The van der Waals surface area contributed by atoms with E-state index in [0.29, 0.717) is 0 Å². The molecule has 0 fully saturated rings. The molecule has 0 aliphatic carbocycles. The molecule has 0 spiro atoms. The molecule has 0 heterocycles. The predicted octanol–water partition coefficient (Wildman–Crippen LogP) is 2.97. The molecule has 0 saturated carbocycles. The van der Waals surface area contributed by atoms with Crippen molar-refractivity contribution in [1.82, 2.24) is 0 Å². The molecule has 0 saturated heterocycles. The first-order valence-corrected chi connectivity index (χ1v) is 3.22. The van der Waals surface area contributed by atoms with E-state index in [1.54, 1.807) is 0 Å². The summed E-state index contributed by atoms with van der Waals surface area (Å²) in [6.45, 7) is 7.38. The van der Waals surface area contributed by atoms with Crippen LogP contribution in [0.1, 0.15) is 11.1 Å². The summed E-state index contributed by atoms with van der Waals surface area (Å²) in [5.74, 6) is 0. The second kappa shape index (κ2) is 4.95. The second-order valence-electron chi connectivity index (χ2n) is 2.04. The summed E-state index contributed by atoms with van der Waals surface area (Å²) in [5, 5.41) is 0. The average molecular weight is 186 g/mol. The summed E-state index contributed by atoms with van der Waals surface area (Å²) in [4.78, 5) is 0. The zero-order valence-corrected chi connectivity index (χ0v) is 7.34. The summed E-state index contributed by atoms with van der Waals surface area (Å²) < 4.78 is 0. The Morgan fingerprint density at radius 1 is 0.909 bits per heavy atom. The molecule has 0 radical (unpaired) electrons. The van der Waals surface area contributed by atoms with Crippen molar-refractivity contribution in [2.24, 2.45) is 0 Å². The Bertz CT molecular complexity index is 224. The molecule has 0 N–H and O–H groups in total. The van der Waals surface area contributed by atoms with E-state index < -0.39 is 0 Å². The van der Waals surface area contributed by atoms with E-state index in [-0.39, 0.29) is 17.1 Å². The first-order valence-electron chi connectivity index (χ1n) is 3.22. The van der Waals surface area contributed by atoms with Gasteiger partial charge in [-0.3, -0.25) is 0 Å². The fourth-order valence-corrected chi connectivity index (χ4v) is 0.883. The van der Waals surface area contributed by atoms with Crippen LogP contribution >= 0.6 is 0 Å². The SMILES string of the molecule is C=Cc1ccccc1C=C.[Fe]. The first kappa shape index (κ1) is 10.2. The summed E-state index contributed by atoms with van der Waals surface area (Å²) >= 11 is 0. The predicted molar refractivity (Wildman–Crippen MR) is 46.6 cm³/mol. The Labute approximate surface area is 78.1 Å².